The number of rotatable bonds is 3. The van der Waals surface area contributed by atoms with Crippen LogP contribution < -0.4 is 21.7 Å². The summed E-state index contributed by atoms with van der Waals surface area (Å²) in [4.78, 5) is 22.6. The Bertz CT molecular complexity index is 748. The SMILES string of the molecule is Cc1ccc(N2CCCC(N)C2)c(NC(=O)c2nccnc2N)c1. The highest BCUT2D eigenvalue weighted by Crippen LogP contribution is 2.30. The fourth-order valence-electron chi connectivity index (χ4n) is 2.96. The van der Waals surface area contributed by atoms with Crippen molar-refractivity contribution in [1.82, 2.24) is 9.97 Å². The molecule has 24 heavy (non-hydrogen) atoms. The number of hydrogen-bond donors (Lipinski definition) is 3. The van der Waals surface area contributed by atoms with Crippen LogP contribution in [0.2, 0.25) is 0 Å². The number of hydrogen-bond acceptors (Lipinski definition) is 6. The fraction of sp³-hybridized carbons (Fsp3) is 0.353. The van der Waals surface area contributed by atoms with Crippen LogP contribution in [0.1, 0.15) is 28.9 Å². The largest absolute Gasteiger partial charge is 0.382 e. The summed E-state index contributed by atoms with van der Waals surface area (Å²) in [5, 5.41) is 2.92. The van der Waals surface area contributed by atoms with E-state index in [1.807, 2.05) is 25.1 Å². The van der Waals surface area contributed by atoms with Crippen molar-refractivity contribution in [1.29, 1.82) is 0 Å². The molecule has 7 nitrogen and oxygen atoms in total. The van der Waals surface area contributed by atoms with Gasteiger partial charge in [-0.05, 0) is 37.5 Å². The van der Waals surface area contributed by atoms with E-state index < -0.39 is 0 Å². The van der Waals surface area contributed by atoms with E-state index in [0.29, 0.717) is 0 Å². The Kier molecular flexibility index (Phi) is 4.61. The van der Waals surface area contributed by atoms with Gasteiger partial charge in [-0.15, -0.1) is 0 Å². The molecule has 1 atom stereocenters. The lowest BCUT2D eigenvalue weighted by Gasteiger charge is -2.34. The van der Waals surface area contributed by atoms with Crippen LogP contribution in [-0.2, 0) is 0 Å². The second-order valence-electron chi connectivity index (χ2n) is 6.11. The molecule has 0 aliphatic carbocycles. The van der Waals surface area contributed by atoms with Crippen LogP contribution in [-0.4, -0.2) is 35.0 Å². The number of nitrogens with one attached hydrogen (secondary N) is 1. The molecule has 1 fully saturated rings. The van der Waals surface area contributed by atoms with E-state index >= 15 is 0 Å². The van der Waals surface area contributed by atoms with Crippen molar-refractivity contribution in [2.75, 3.05) is 29.0 Å². The molecule has 1 unspecified atom stereocenters. The number of piperidine rings is 1. The number of anilines is 3. The summed E-state index contributed by atoms with van der Waals surface area (Å²) in [6, 6.07) is 6.14. The highest BCUT2D eigenvalue weighted by molar-refractivity contribution is 6.07. The molecule has 0 spiro atoms. The maximum Gasteiger partial charge on any atom is 0.278 e. The molecule has 1 aliphatic rings. The summed E-state index contributed by atoms with van der Waals surface area (Å²) >= 11 is 0. The summed E-state index contributed by atoms with van der Waals surface area (Å²) in [6.45, 7) is 3.68. The van der Waals surface area contributed by atoms with Crippen LogP contribution in [0.3, 0.4) is 0 Å². The first-order valence-corrected chi connectivity index (χ1v) is 8.03. The number of carbonyl (C=O) groups is 1. The summed E-state index contributed by atoms with van der Waals surface area (Å²) in [5.74, 6) is -0.252. The van der Waals surface area contributed by atoms with Crippen LogP contribution in [0, 0.1) is 6.92 Å². The maximum absolute atomic E-state index is 12.5. The summed E-state index contributed by atoms with van der Waals surface area (Å²) in [7, 11) is 0. The van der Waals surface area contributed by atoms with Crippen molar-refractivity contribution in [2.24, 2.45) is 5.73 Å². The van der Waals surface area contributed by atoms with Gasteiger partial charge in [0.15, 0.2) is 11.5 Å². The average Bonchev–Trinajstić information content (AvgIpc) is 2.55. The van der Waals surface area contributed by atoms with E-state index in [2.05, 4.69) is 20.2 Å². The summed E-state index contributed by atoms with van der Waals surface area (Å²) in [6.07, 6.45) is 4.98. The molecule has 2 aromatic rings. The Morgan fingerprint density at radius 1 is 1.33 bits per heavy atom. The molecule has 126 valence electrons. The quantitative estimate of drug-likeness (QED) is 0.789. The monoisotopic (exact) mass is 326 g/mol. The summed E-state index contributed by atoms with van der Waals surface area (Å²) < 4.78 is 0. The van der Waals surface area contributed by atoms with Crippen LogP contribution in [0.5, 0.6) is 0 Å². The van der Waals surface area contributed by atoms with Crippen LogP contribution in [0.4, 0.5) is 17.2 Å². The number of carbonyl (C=O) groups excluding carboxylic acids is 1. The van der Waals surface area contributed by atoms with Gasteiger partial charge in [-0.25, -0.2) is 9.97 Å². The van der Waals surface area contributed by atoms with Gasteiger partial charge >= 0.3 is 0 Å². The zero-order valence-electron chi connectivity index (χ0n) is 13.7. The molecule has 1 amide bonds. The molecule has 5 N–H and O–H groups in total. The highest BCUT2D eigenvalue weighted by atomic mass is 16.1. The lowest BCUT2D eigenvalue weighted by molar-refractivity contribution is 0.102. The topological polar surface area (TPSA) is 110 Å². The molecule has 2 heterocycles. The van der Waals surface area contributed by atoms with E-state index in [4.69, 9.17) is 11.5 Å². The Labute approximate surface area is 141 Å². The van der Waals surface area contributed by atoms with Gasteiger partial charge < -0.3 is 21.7 Å². The maximum atomic E-state index is 12.5. The van der Waals surface area contributed by atoms with Gasteiger partial charge in [0.2, 0.25) is 0 Å². The minimum atomic E-state index is -0.367. The van der Waals surface area contributed by atoms with E-state index in [1.54, 1.807) is 0 Å². The first-order valence-electron chi connectivity index (χ1n) is 8.03. The van der Waals surface area contributed by atoms with Crippen LogP contribution in [0.15, 0.2) is 30.6 Å². The third-order valence-electron chi connectivity index (χ3n) is 4.14. The van der Waals surface area contributed by atoms with E-state index in [-0.39, 0.29) is 23.5 Å². The Morgan fingerprint density at radius 2 is 2.12 bits per heavy atom. The normalized spacial score (nSPS) is 17.6. The minimum Gasteiger partial charge on any atom is -0.382 e. The van der Waals surface area contributed by atoms with Gasteiger partial charge in [0.1, 0.15) is 0 Å². The first kappa shape index (κ1) is 16.2. The summed E-state index contributed by atoms with van der Waals surface area (Å²) in [5.41, 5.74) is 14.7. The van der Waals surface area contributed by atoms with Crippen molar-refractivity contribution in [3.05, 3.63) is 41.9 Å². The predicted octanol–water partition coefficient (Wildman–Crippen LogP) is 1.55. The van der Waals surface area contributed by atoms with Crippen molar-refractivity contribution in [3.8, 4) is 0 Å². The third kappa shape index (κ3) is 3.46. The van der Waals surface area contributed by atoms with Crippen LogP contribution >= 0.6 is 0 Å². The fourth-order valence-corrected chi connectivity index (χ4v) is 2.96. The Balaban J connectivity index is 1.88. The number of nitrogen functional groups attached to an aromatic ring is 1. The molecule has 0 saturated carbocycles. The first-order chi connectivity index (χ1) is 11.5. The zero-order chi connectivity index (χ0) is 17.1. The van der Waals surface area contributed by atoms with Crippen molar-refractivity contribution in [2.45, 2.75) is 25.8 Å². The van der Waals surface area contributed by atoms with Gasteiger partial charge in [0.25, 0.3) is 5.91 Å². The number of benzene rings is 1. The number of amides is 1. The second kappa shape index (κ2) is 6.84. The number of aromatic nitrogens is 2. The van der Waals surface area contributed by atoms with Gasteiger partial charge in [-0.3, -0.25) is 4.79 Å². The Morgan fingerprint density at radius 3 is 2.88 bits per heavy atom. The van der Waals surface area contributed by atoms with Gasteiger partial charge in [-0.2, -0.15) is 0 Å². The zero-order valence-corrected chi connectivity index (χ0v) is 13.7. The molecule has 1 aromatic heterocycles. The lowest BCUT2D eigenvalue weighted by Crippen LogP contribution is -2.43. The molecule has 1 aliphatic heterocycles. The molecule has 1 aromatic carbocycles. The van der Waals surface area contributed by atoms with Crippen molar-refractivity contribution in [3.63, 3.8) is 0 Å². The second-order valence-corrected chi connectivity index (χ2v) is 6.11. The number of nitrogens with zero attached hydrogens (tertiary/aromatic N) is 3. The predicted molar refractivity (Wildman–Crippen MR) is 95.0 cm³/mol. The number of nitrogens with two attached hydrogens (primary N) is 2. The van der Waals surface area contributed by atoms with Crippen molar-refractivity contribution < 1.29 is 4.79 Å². The molecule has 7 heteroatoms. The smallest absolute Gasteiger partial charge is 0.278 e. The van der Waals surface area contributed by atoms with Gasteiger partial charge in [-0.1, -0.05) is 6.07 Å². The lowest BCUT2D eigenvalue weighted by atomic mass is 10.0. The van der Waals surface area contributed by atoms with E-state index in [0.717, 1.165) is 42.9 Å². The van der Waals surface area contributed by atoms with Gasteiger partial charge in [0.05, 0.1) is 11.4 Å². The standard InChI is InChI=1S/C17H22N6O/c1-11-4-5-14(23-8-2-3-12(18)10-23)13(9-11)22-17(24)15-16(19)21-7-6-20-15/h4-7,9,12H,2-3,8,10,18H2,1H3,(H2,19,21)(H,22,24). The molecule has 3 rings (SSSR count). The molecule has 1 saturated heterocycles. The highest BCUT2D eigenvalue weighted by Gasteiger charge is 2.21. The van der Waals surface area contributed by atoms with Crippen LogP contribution in [0.25, 0.3) is 0 Å². The van der Waals surface area contributed by atoms with Crippen molar-refractivity contribution >= 4 is 23.1 Å². The average molecular weight is 326 g/mol. The Hall–Kier alpha value is -2.67. The number of aryl methyl sites for hydroxylation is 1. The van der Waals surface area contributed by atoms with E-state index in [9.17, 15) is 4.79 Å². The molecule has 0 bridgehead atoms. The molecular weight excluding hydrogens is 304 g/mol. The molecule has 0 radical (unpaired) electrons. The minimum absolute atomic E-state index is 0.115. The van der Waals surface area contributed by atoms with Gasteiger partial charge in [0, 0.05) is 31.5 Å². The molecular formula is C17H22N6O. The van der Waals surface area contributed by atoms with E-state index in [1.165, 1.54) is 12.4 Å². The third-order valence-corrected chi connectivity index (χ3v) is 4.14.